The Morgan fingerprint density at radius 3 is 2.72 bits per heavy atom. The lowest BCUT2D eigenvalue weighted by molar-refractivity contribution is 0.192. The van der Waals surface area contributed by atoms with Gasteiger partial charge in [0.05, 0.1) is 0 Å². The van der Waals surface area contributed by atoms with E-state index < -0.39 is 0 Å². The van der Waals surface area contributed by atoms with Crippen molar-refractivity contribution < 1.29 is 0 Å². The van der Waals surface area contributed by atoms with Crippen molar-refractivity contribution in [1.82, 2.24) is 9.88 Å². The monoisotopic (exact) mass is 247 g/mol. The number of nitrogens with zero attached hydrogens (tertiary/aromatic N) is 2. The van der Waals surface area contributed by atoms with Gasteiger partial charge in [-0.15, -0.1) is 0 Å². The van der Waals surface area contributed by atoms with Crippen LogP contribution in [0.15, 0.2) is 24.5 Å². The molecule has 1 aliphatic rings. The number of hydrogen-bond donors (Lipinski definition) is 1. The Bertz CT molecular complexity index is 350. The van der Waals surface area contributed by atoms with Crippen LogP contribution in [0, 0.1) is 11.8 Å². The van der Waals surface area contributed by atoms with Gasteiger partial charge in [0, 0.05) is 25.0 Å². The van der Waals surface area contributed by atoms with E-state index in [1.807, 2.05) is 12.4 Å². The first-order valence-corrected chi connectivity index (χ1v) is 7.06. The molecule has 0 radical (unpaired) electrons. The molecule has 18 heavy (non-hydrogen) atoms. The largest absolute Gasteiger partial charge is 0.330 e. The van der Waals surface area contributed by atoms with Crippen molar-refractivity contribution in [1.29, 1.82) is 0 Å². The van der Waals surface area contributed by atoms with Crippen LogP contribution in [0.5, 0.6) is 0 Å². The van der Waals surface area contributed by atoms with E-state index in [1.54, 1.807) is 0 Å². The Hall–Kier alpha value is -0.930. The molecule has 1 aromatic rings. The van der Waals surface area contributed by atoms with Crippen LogP contribution in [-0.4, -0.2) is 29.5 Å². The number of aromatic nitrogens is 1. The lowest BCUT2D eigenvalue weighted by Gasteiger charge is -2.30. The molecule has 1 aromatic heterocycles. The molecule has 0 aromatic carbocycles. The van der Waals surface area contributed by atoms with E-state index in [0.717, 1.165) is 13.1 Å². The summed E-state index contributed by atoms with van der Waals surface area (Å²) in [7, 11) is 0. The second-order valence-corrected chi connectivity index (χ2v) is 5.67. The maximum Gasteiger partial charge on any atom is 0.0349 e. The fourth-order valence-electron chi connectivity index (χ4n) is 2.87. The third-order valence-electron chi connectivity index (χ3n) is 4.17. The van der Waals surface area contributed by atoms with Gasteiger partial charge in [-0.2, -0.15) is 0 Å². The van der Waals surface area contributed by atoms with Gasteiger partial charge in [0.15, 0.2) is 0 Å². The minimum atomic E-state index is 0.570. The van der Waals surface area contributed by atoms with Gasteiger partial charge in [-0.3, -0.25) is 9.88 Å². The van der Waals surface area contributed by atoms with Gasteiger partial charge in [-0.05, 0) is 55.5 Å². The molecule has 0 amide bonds. The summed E-state index contributed by atoms with van der Waals surface area (Å²) in [4.78, 5) is 6.71. The standard InChI is InChI=1S/C15H25N3/c1-12(2)14(10-16)11-18-9-3-4-15(18)13-5-7-17-8-6-13/h5-8,12,14-15H,3-4,9-11,16H2,1-2H3. The second kappa shape index (κ2) is 6.30. The lowest BCUT2D eigenvalue weighted by atomic mass is 9.94. The maximum atomic E-state index is 5.90. The van der Waals surface area contributed by atoms with Crippen molar-refractivity contribution in [2.45, 2.75) is 32.7 Å². The molecule has 1 saturated heterocycles. The Morgan fingerprint density at radius 1 is 1.39 bits per heavy atom. The van der Waals surface area contributed by atoms with E-state index in [-0.39, 0.29) is 0 Å². The number of nitrogens with two attached hydrogens (primary N) is 1. The minimum Gasteiger partial charge on any atom is -0.330 e. The van der Waals surface area contributed by atoms with E-state index >= 15 is 0 Å². The predicted octanol–water partition coefficient (Wildman–Crippen LogP) is 2.45. The van der Waals surface area contributed by atoms with Gasteiger partial charge in [-0.25, -0.2) is 0 Å². The van der Waals surface area contributed by atoms with Crippen LogP contribution >= 0.6 is 0 Å². The molecule has 0 saturated carbocycles. The molecule has 1 fully saturated rings. The van der Waals surface area contributed by atoms with Gasteiger partial charge < -0.3 is 5.73 Å². The van der Waals surface area contributed by atoms with Crippen molar-refractivity contribution in [2.75, 3.05) is 19.6 Å². The zero-order valence-electron chi connectivity index (χ0n) is 11.5. The summed E-state index contributed by atoms with van der Waals surface area (Å²) in [5, 5.41) is 0. The summed E-state index contributed by atoms with van der Waals surface area (Å²) in [5.74, 6) is 1.26. The normalized spacial score (nSPS) is 22.6. The topological polar surface area (TPSA) is 42.1 Å². The highest BCUT2D eigenvalue weighted by atomic mass is 15.2. The lowest BCUT2D eigenvalue weighted by Crippen LogP contribution is -2.35. The average molecular weight is 247 g/mol. The molecule has 2 rings (SSSR count). The summed E-state index contributed by atoms with van der Waals surface area (Å²) in [6.07, 6.45) is 6.35. The molecule has 2 N–H and O–H groups in total. The van der Waals surface area contributed by atoms with Gasteiger partial charge in [0.2, 0.25) is 0 Å². The molecular formula is C15H25N3. The zero-order valence-corrected chi connectivity index (χ0v) is 11.5. The molecule has 3 nitrogen and oxygen atoms in total. The maximum absolute atomic E-state index is 5.90. The SMILES string of the molecule is CC(C)C(CN)CN1CCCC1c1ccncc1. The van der Waals surface area contributed by atoms with Crippen molar-refractivity contribution in [3.63, 3.8) is 0 Å². The fourth-order valence-corrected chi connectivity index (χ4v) is 2.87. The first-order valence-electron chi connectivity index (χ1n) is 7.06. The average Bonchev–Trinajstić information content (AvgIpc) is 2.84. The molecule has 100 valence electrons. The van der Waals surface area contributed by atoms with Crippen LogP contribution in [0.2, 0.25) is 0 Å². The fraction of sp³-hybridized carbons (Fsp3) is 0.667. The molecule has 3 heteroatoms. The van der Waals surface area contributed by atoms with Crippen LogP contribution in [0.3, 0.4) is 0 Å². The Labute approximate surface area is 110 Å². The molecule has 0 bridgehead atoms. The summed E-state index contributed by atoms with van der Waals surface area (Å²) >= 11 is 0. The van der Waals surface area contributed by atoms with Gasteiger partial charge >= 0.3 is 0 Å². The van der Waals surface area contributed by atoms with Crippen LogP contribution in [0.4, 0.5) is 0 Å². The molecule has 2 unspecified atom stereocenters. The second-order valence-electron chi connectivity index (χ2n) is 5.67. The van der Waals surface area contributed by atoms with Crippen molar-refractivity contribution in [2.24, 2.45) is 17.6 Å². The van der Waals surface area contributed by atoms with Crippen LogP contribution in [0.25, 0.3) is 0 Å². The van der Waals surface area contributed by atoms with Crippen LogP contribution in [0.1, 0.15) is 38.3 Å². The molecule has 0 spiro atoms. The first kappa shape index (κ1) is 13.5. The van der Waals surface area contributed by atoms with E-state index in [1.165, 1.54) is 24.9 Å². The summed E-state index contributed by atoms with van der Waals surface area (Å²) in [5.41, 5.74) is 7.30. The smallest absolute Gasteiger partial charge is 0.0349 e. The van der Waals surface area contributed by atoms with Gasteiger partial charge in [0.25, 0.3) is 0 Å². The molecule has 2 heterocycles. The van der Waals surface area contributed by atoms with Crippen molar-refractivity contribution >= 4 is 0 Å². The zero-order chi connectivity index (χ0) is 13.0. The summed E-state index contributed by atoms with van der Waals surface area (Å²) in [6, 6.07) is 4.87. The Kier molecular flexibility index (Phi) is 4.72. The third-order valence-corrected chi connectivity index (χ3v) is 4.17. The van der Waals surface area contributed by atoms with E-state index in [4.69, 9.17) is 5.73 Å². The van der Waals surface area contributed by atoms with E-state index in [0.29, 0.717) is 17.9 Å². The van der Waals surface area contributed by atoms with Crippen molar-refractivity contribution in [3.8, 4) is 0 Å². The highest BCUT2D eigenvalue weighted by Crippen LogP contribution is 2.32. The van der Waals surface area contributed by atoms with Crippen LogP contribution in [-0.2, 0) is 0 Å². The number of hydrogen-bond acceptors (Lipinski definition) is 3. The van der Waals surface area contributed by atoms with Gasteiger partial charge in [0.1, 0.15) is 0 Å². The predicted molar refractivity (Wildman–Crippen MR) is 75.2 cm³/mol. The molecule has 2 atom stereocenters. The van der Waals surface area contributed by atoms with Crippen LogP contribution < -0.4 is 5.73 Å². The first-order chi connectivity index (χ1) is 8.72. The summed E-state index contributed by atoms with van der Waals surface area (Å²) < 4.78 is 0. The number of pyridine rings is 1. The number of likely N-dealkylation sites (tertiary alicyclic amines) is 1. The highest BCUT2D eigenvalue weighted by Gasteiger charge is 2.28. The van der Waals surface area contributed by atoms with Crippen molar-refractivity contribution in [3.05, 3.63) is 30.1 Å². The highest BCUT2D eigenvalue weighted by molar-refractivity contribution is 5.16. The minimum absolute atomic E-state index is 0.570. The van der Waals surface area contributed by atoms with Gasteiger partial charge in [-0.1, -0.05) is 13.8 Å². The Balaban J connectivity index is 2.04. The quantitative estimate of drug-likeness (QED) is 0.869. The summed E-state index contributed by atoms with van der Waals surface area (Å²) in [6.45, 7) is 7.67. The molecular weight excluding hydrogens is 222 g/mol. The molecule has 1 aliphatic heterocycles. The third kappa shape index (κ3) is 3.09. The molecule has 0 aliphatic carbocycles. The van der Waals surface area contributed by atoms with E-state index in [9.17, 15) is 0 Å². The number of rotatable bonds is 5. The Morgan fingerprint density at radius 2 is 2.11 bits per heavy atom. The van der Waals surface area contributed by atoms with E-state index in [2.05, 4.69) is 35.9 Å².